The zero-order valence-electron chi connectivity index (χ0n) is 22.9. The van der Waals surface area contributed by atoms with Gasteiger partial charge in [0.1, 0.15) is 17.8 Å². The largest absolute Gasteiger partial charge is 0.493 e. The molecular formula is C30H43O6P. The van der Waals surface area contributed by atoms with E-state index in [2.05, 4.69) is 13.8 Å². The van der Waals surface area contributed by atoms with E-state index in [0.29, 0.717) is 30.3 Å². The Morgan fingerprint density at radius 2 is 1.30 bits per heavy atom. The first-order chi connectivity index (χ1) is 18.0. The lowest BCUT2D eigenvalue weighted by Gasteiger charge is -2.19. The topological polar surface area (TPSA) is 71.1 Å². The zero-order chi connectivity index (χ0) is 26.9. The molecule has 2 rings (SSSR count). The highest BCUT2D eigenvalue weighted by Crippen LogP contribution is 2.51. The van der Waals surface area contributed by atoms with Crippen LogP contribution in [-0.2, 0) is 19.8 Å². The Hall–Kier alpha value is -2.40. The van der Waals surface area contributed by atoms with Crippen LogP contribution in [-0.4, -0.2) is 33.7 Å². The molecule has 204 valence electrons. The van der Waals surface area contributed by atoms with Gasteiger partial charge >= 0.3 is 7.60 Å². The third kappa shape index (κ3) is 10.9. The Balaban J connectivity index is 2.40. The van der Waals surface area contributed by atoms with E-state index >= 15 is 0 Å². The Labute approximate surface area is 222 Å². The lowest BCUT2D eigenvalue weighted by Crippen LogP contribution is -2.05. The first kappa shape index (κ1) is 30.8. The van der Waals surface area contributed by atoms with Gasteiger partial charge in [-0.3, -0.25) is 9.36 Å². The molecule has 0 aliphatic carbocycles. The number of carbonyl (C=O) groups excluding carboxylic acids is 1. The molecule has 0 spiro atoms. The minimum absolute atomic E-state index is 0.0909. The standard InChI is InChI=1S/C30H43O6P/c1-5-7-9-11-19-35-29-22-28(24-37(32,33-3)34-4)30(36-20-12-10-8-6-2)21-27(29)18-17-25-13-15-26(23-31)16-14-25/h13-18,21-23H,5-12,19-20,24H2,1-4H3/b18-17+. The monoisotopic (exact) mass is 530 g/mol. The summed E-state index contributed by atoms with van der Waals surface area (Å²) in [5, 5.41) is 0. The van der Waals surface area contributed by atoms with Crippen LogP contribution in [0.2, 0.25) is 0 Å². The summed E-state index contributed by atoms with van der Waals surface area (Å²) in [6.07, 6.45) is 13.7. The first-order valence-corrected chi connectivity index (χ1v) is 15.1. The van der Waals surface area contributed by atoms with Gasteiger partial charge in [-0.1, -0.05) is 88.8 Å². The van der Waals surface area contributed by atoms with E-state index in [0.717, 1.165) is 61.5 Å². The van der Waals surface area contributed by atoms with Gasteiger partial charge in [-0.2, -0.15) is 0 Å². The number of ether oxygens (including phenoxy) is 2. The molecule has 2 aromatic carbocycles. The molecule has 0 atom stereocenters. The van der Waals surface area contributed by atoms with Gasteiger partial charge in [0, 0.05) is 30.9 Å². The quantitative estimate of drug-likeness (QED) is 0.0784. The molecule has 37 heavy (non-hydrogen) atoms. The lowest BCUT2D eigenvalue weighted by molar-refractivity contribution is 0.112. The lowest BCUT2D eigenvalue weighted by atomic mass is 10.1. The smallest absolute Gasteiger partial charge is 0.334 e. The van der Waals surface area contributed by atoms with Crippen molar-refractivity contribution >= 4 is 26.0 Å². The van der Waals surface area contributed by atoms with Gasteiger partial charge in [0.05, 0.1) is 19.4 Å². The fraction of sp³-hybridized carbons (Fsp3) is 0.500. The van der Waals surface area contributed by atoms with Crippen molar-refractivity contribution in [2.24, 2.45) is 0 Å². The van der Waals surface area contributed by atoms with Crippen LogP contribution in [0, 0.1) is 0 Å². The van der Waals surface area contributed by atoms with Crippen LogP contribution in [0.25, 0.3) is 12.2 Å². The molecule has 0 N–H and O–H groups in total. The maximum atomic E-state index is 13.0. The van der Waals surface area contributed by atoms with E-state index < -0.39 is 7.60 Å². The Kier molecular flexibility index (Phi) is 14.3. The average molecular weight is 531 g/mol. The zero-order valence-corrected chi connectivity index (χ0v) is 23.8. The highest BCUT2D eigenvalue weighted by Gasteiger charge is 2.25. The second-order valence-electron chi connectivity index (χ2n) is 9.07. The number of hydrogen-bond acceptors (Lipinski definition) is 6. The minimum Gasteiger partial charge on any atom is -0.493 e. The SMILES string of the molecule is CCCCCCOc1cc(CP(=O)(OC)OC)c(OCCCCCC)cc1/C=C/c1ccc(C=O)cc1. The van der Waals surface area contributed by atoms with Gasteiger partial charge in [-0.15, -0.1) is 0 Å². The molecule has 0 bridgehead atoms. The molecule has 0 saturated carbocycles. The molecule has 2 aromatic rings. The summed E-state index contributed by atoms with van der Waals surface area (Å²) in [7, 11) is -0.515. The van der Waals surface area contributed by atoms with Crippen LogP contribution in [0.5, 0.6) is 11.5 Å². The molecule has 0 aliphatic rings. The van der Waals surface area contributed by atoms with Crippen LogP contribution in [0.3, 0.4) is 0 Å². The van der Waals surface area contributed by atoms with Gasteiger partial charge in [0.25, 0.3) is 0 Å². The number of rotatable bonds is 19. The number of hydrogen-bond donors (Lipinski definition) is 0. The van der Waals surface area contributed by atoms with E-state index in [-0.39, 0.29) is 6.16 Å². The predicted molar refractivity (Wildman–Crippen MR) is 152 cm³/mol. The average Bonchev–Trinajstić information content (AvgIpc) is 2.93. The molecule has 0 heterocycles. The fourth-order valence-electron chi connectivity index (χ4n) is 3.84. The second kappa shape index (κ2) is 17.2. The number of aldehydes is 1. The van der Waals surface area contributed by atoms with Crippen molar-refractivity contribution in [2.45, 2.75) is 71.4 Å². The minimum atomic E-state index is -3.31. The summed E-state index contributed by atoms with van der Waals surface area (Å²) in [6, 6.07) is 11.2. The summed E-state index contributed by atoms with van der Waals surface area (Å²) < 4.78 is 35.9. The van der Waals surface area contributed by atoms with Crippen LogP contribution in [0.15, 0.2) is 36.4 Å². The summed E-state index contributed by atoms with van der Waals surface area (Å²) in [5.74, 6) is 1.35. The third-order valence-corrected chi connectivity index (χ3v) is 7.99. The van der Waals surface area contributed by atoms with Gasteiger partial charge in [0.2, 0.25) is 0 Å². The van der Waals surface area contributed by atoms with Crippen LogP contribution in [0.4, 0.5) is 0 Å². The summed E-state index contributed by atoms with van der Waals surface area (Å²) in [4.78, 5) is 11.0. The third-order valence-electron chi connectivity index (χ3n) is 6.15. The van der Waals surface area contributed by atoms with Gasteiger partial charge in [-0.05, 0) is 30.5 Å². The van der Waals surface area contributed by atoms with Crippen molar-refractivity contribution in [3.8, 4) is 11.5 Å². The molecule has 0 amide bonds. The van der Waals surface area contributed by atoms with Crippen molar-refractivity contribution in [3.05, 3.63) is 58.7 Å². The van der Waals surface area contributed by atoms with E-state index in [9.17, 15) is 9.36 Å². The predicted octanol–water partition coefficient (Wildman–Crippen LogP) is 8.57. The van der Waals surface area contributed by atoms with Gasteiger partial charge in [-0.25, -0.2) is 0 Å². The molecule has 0 radical (unpaired) electrons. The molecule has 0 aromatic heterocycles. The molecular weight excluding hydrogens is 487 g/mol. The second-order valence-corrected chi connectivity index (χ2v) is 11.3. The number of carbonyl (C=O) groups is 1. The van der Waals surface area contributed by atoms with E-state index in [1.54, 1.807) is 12.1 Å². The highest BCUT2D eigenvalue weighted by atomic mass is 31.2. The molecule has 0 unspecified atom stereocenters. The van der Waals surface area contributed by atoms with E-state index in [1.165, 1.54) is 27.1 Å². The molecule has 7 heteroatoms. The van der Waals surface area contributed by atoms with Crippen LogP contribution >= 0.6 is 7.60 Å². The Morgan fingerprint density at radius 1 is 0.730 bits per heavy atom. The van der Waals surface area contributed by atoms with Crippen LogP contribution < -0.4 is 9.47 Å². The maximum absolute atomic E-state index is 13.0. The first-order valence-electron chi connectivity index (χ1n) is 13.3. The summed E-state index contributed by atoms with van der Waals surface area (Å²) in [6.45, 7) is 5.53. The summed E-state index contributed by atoms with van der Waals surface area (Å²) in [5.41, 5.74) is 3.21. The normalized spacial score (nSPS) is 11.7. The Bertz CT molecular complexity index is 1010. The summed E-state index contributed by atoms with van der Waals surface area (Å²) >= 11 is 0. The molecule has 0 aliphatic heterocycles. The molecule has 6 nitrogen and oxygen atoms in total. The van der Waals surface area contributed by atoms with Crippen molar-refractivity contribution in [1.82, 2.24) is 0 Å². The number of benzene rings is 2. The van der Waals surface area contributed by atoms with E-state index in [4.69, 9.17) is 18.5 Å². The van der Waals surface area contributed by atoms with Crippen molar-refractivity contribution < 1.29 is 27.9 Å². The van der Waals surface area contributed by atoms with Crippen molar-refractivity contribution in [2.75, 3.05) is 27.4 Å². The van der Waals surface area contributed by atoms with E-state index in [1.807, 2.05) is 36.4 Å². The molecule has 0 fully saturated rings. The number of unbranched alkanes of at least 4 members (excludes halogenated alkanes) is 6. The van der Waals surface area contributed by atoms with Crippen molar-refractivity contribution in [3.63, 3.8) is 0 Å². The Morgan fingerprint density at radius 3 is 1.84 bits per heavy atom. The fourth-order valence-corrected chi connectivity index (χ4v) is 4.91. The molecule has 0 saturated heterocycles. The van der Waals surface area contributed by atoms with Gasteiger partial charge in [0.15, 0.2) is 0 Å². The van der Waals surface area contributed by atoms with Crippen LogP contribution in [0.1, 0.15) is 92.3 Å². The maximum Gasteiger partial charge on any atom is 0.334 e. The van der Waals surface area contributed by atoms with Crippen molar-refractivity contribution in [1.29, 1.82) is 0 Å². The highest BCUT2D eigenvalue weighted by molar-refractivity contribution is 7.52. The van der Waals surface area contributed by atoms with Gasteiger partial charge < -0.3 is 18.5 Å².